The van der Waals surface area contributed by atoms with Gasteiger partial charge in [0.25, 0.3) is 5.56 Å². The average molecular weight is 411 g/mol. The quantitative estimate of drug-likeness (QED) is 0.425. The maximum Gasteiger partial charge on any atom is 0.423 e. The van der Waals surface area contributed by atoms with E-state index in [-0.39, 0.29) is 19.9 Å². The minimum Gasteiger partial charge on any atom is -0.480 e. The van der Waals surface area contributed by atoms with Crippen molar-refractivity contribution in [3.8, 4) is 0 Å². The number of hydrogen-bond acceptors (Lipinski definition) is 6. The molecule has 1 rings (SSSR count). The largest absolute Gasteiger partial charge is 0.480 e. The van der Waals surface area contributed by atoms with E-state index in [4.69, 9.17) is 14.6 Å². The molecule has 0 aliphatic carbocycles. The first kappa shape index (κ1) is 23.1. The van der Waals surface area contributed by atoms with Crippen LogP contribution in [0.25, 0.3) is 0 Å². The summed E-state index contributed by atoms with van der Waals surface area (Å²) in [7, 11) is -1.36. The van der Waals surface area contributed by atoms with E-state index in [1.165, 1.54) is 0 Å². The highest BCUT2D eigenvalue weighted by atomic mass is 28.3. The maximum absolute atomic E-state index is 13.3. The Balaban J connectivity index is 2.80. The van der Waals surface area contributed by atoms with Gasteiger partial charge in [-0.2, -0.15) is 18.3 Å². The van der Waals surface area contributed by atoms with Crippen molar-refractivity contribution in [1.82, 2.24) is 9.78 Å². The van der Waals surface area contributed by atoms with Gasteiger partial charge in [0.2, 0.25) is 0 Å². The smallest absolute Gasteiger partial charge is 0.423 e. The van der Waals surface area contributed by atoms with E-state index < -0.39 is 43.6 Å². The third-order valence-corrected chi connectivity index (χ3v) is 5.03. The Hall–Kier alpha value is -1.92. The standard InChI is InChI=1S/C15H24F3N3O5Si/c1-27(2,3)7-6-26-10-21-14(24)13(15(16,17)18)11(8-20-21)19-4-5-25-9-12(22)23/h8,19H,4-7,9-10H2,1-3H3,(H,22,23). The Bertz CT molecular complexity index is 689. The van der Waals surface area contributed by atoms with Crippen LogP contribution in [-0.2, 0) is 27.2 Å². The zero-order valence-corrected chi connectivity index (χ0v) is 16.4. The molecule has 27 heavy (non-hydrogen) atoms. The van der Waals surface area contributed by atoms with Crippen molar-refractivity contribution in [3.05, 3.63) is 22.1 Å². The van der Waals surface area contributed by atoms with Crippen molar-refractivity contribution in [2.45, 2.75) is 38.6 Å². The van der Waals surface area contributed by atoms with Gasteiger partial charge in [0.15, 0.2) is 0 Å². The fourth-order valence-corrected chi connectivity index (χ4v) is 2.69. The molecular weight excluding hydrogens is 387 g/mol. The number of carbonyl (C=O) groups is 1. The zero-order chi connectivity index (χ0) is 20.7. The minimum absolute atomic E-state index is 0.117. The minimum atomic E-state index is -4.88. The lowest BCUT2D eigenvalue weighted by atomic mass is 10.2. The number of carboxylic acids is 1. The second kappa shape index (κ2) is 9.85. The molecule has 0 saturated carbocycles. The SMILES string of the molecule is C[Si](C)(C)CCOCn1ncc(NCCOCC(=O)O)c(C(F)(F)F)c1=O. The Kier molecular flexibility index (Phi) is 8.43. The second-order valence-corrected chi connectivity index (χ2v) is 12.6. The molecule has 0 aliphatic heterocycles. The highest BCUT2D eigenvalue weighted by Gasteiger charge is 2.38. The number of hydrogen-bond donors (Lipinski definition) is 2. The van der Waals surface area contributed by atoms with Gasteiger partial charge in [-0.25, -0.2) is 9.48 Å². The van der Waals surface area contributed by atoms with Crippen molar-refractivity contribution in [1.29, 1.82) is 0 Å². The number of aliphatic carboxylic acids is 1. The molecule has 1 heterocycles. The van der Waals surface area contributed by atoms with Crippen molar-refractivity contribution in [3.63, 3.8) is 0 Å². The van der Waals surface area contributed by atoms with E-state index in [1.807, 2.05) is 0 Å². The molecule has 0 atom stereocenters. The summed E-state index contributed by atoms with van der Waals surface area (Å²) in [6.07, 6.45) is -3.99. The topological polar surface area (TPSA) is 103 Å². The van der Waals surface area contributed by atoms with Crippen LogP contribution in [0.1, 0.15) is 5.56 Å². The van der Waals surface area contributed by atoms with Crippen LogP contribution < -0.4 is 10.9 Å². The summed E-state index contributed by atoms with van der Waals surface area (Å²) in [4.78, 5) is 22.5. The number of aromatic nitrogens is 2. The zero-order valence-electron chi connectivity index (χ0n) is 15.4. The number of ether oxygens (including phenoxy) is 2. The second-order valence-electron chi connectivity index (χ2n) is 6.96. The third kappa shape index (κ3) is 8.54. The molecule has 0 spiro atoms. The van der Waals surface area contributed by atoms with E-state index in [0.29, 0.717) is 11.3 Å². The number of carboxylic acid groups (broad SMARTS) is 1. The van der Waals surface area contributed by atoms with Gasteiger partial charge >= 0.3 is 12.1 Å². The Morgan fingerprint density at radius 3 is 2.52 bits per heavy atom. The van der Waals surface area contributed by atoms with E-state index in [2.05, 4.69) is 30.1 Å². The van der Waals surface area contributed by atoms with Gasteiger partial charge in [-0.1, -0.05) is 19.6 Å². The Morgan fingerprint density at radius 2 is 1.96 bits per heavy atom. The van der Waals surface area contributed by atoms with Crippen LogP contribution in [0.3, 0.4) is 0 Å². The van der Waals surface area contributed by atoms with Crippen molar-refractivity contribution >= 4 is 19.7 Å². The Morgan fingerprint density at radius 1 is 1.30 bits per heavy atom. The lowest BCUT2D eigenvalue weighted by molar-refractivity contribution is -0.142. The number of anilines is 1. The van der Waals surface area contributed by atoms with Crippen LogP contribution in [0.2, 0.25) is 25.7 Å². The average Bonchev–Trinajstić information content (AvgIpc) is 2.50. The molecule has 0 amide bonds. The van der Waals surface area contributed by atoms with Crippen molar-refractivity contribution in [2.75, 3.05) is 31.7 Å². The van der Waals surface area contributed by atoms with Gasteiger partial charge in [0, 0.05) is 21.2 Å². The summed E-state index contributed by atoms with van der Waals surface area (Å²) in [5.41, 5.74) is -3.19. The molecule has 0 unspecified atom stereocenters. The van der Waals surface area contributed by atoms with E-state index >= 15 is 0 Å². The molecule has 12 heteroatoms. The van der Waals surface area contributed by atoms with Crippen LogP contribution in [-0.4, -0.2) is 55.3 Å². The summed E-state index contributed by atoms with van der Waals surface area (Å²) in [6, 6.07) is 0.809. The predicted octanol–water partition coefficient (Wildman–Crippen LogP) is 2.09. The molecule has 154 valence electrons. The van der Waals surface area contributed by atoms with Crippen LogP contribution >= 0.6 is 0 Å². The van der Waals surface area contributed by atoms with Crippen LogP contribution in [0.15, 0.2) is 11.0 Å². The van der Waals surface area contributed by atoms with Gasteiger partial charge in [0.1, 0.15) is 18.9 Å². The molecule has 2 N–H and O–H groups in total. The van der Waals surface area contributed by atoms with E-state index in [0.717, 1.165) is 12.2 Å². The van der Waals surface area contributed by atoms with Crippen LogP contribution in [0, 0.1) is 0 Å². The number of nitrogens with zero attached hydrogens (tertiary/aromatic N) is 2. The Labute approximate surface area is 155 Å². The molecule has 0 radical (unpaired) electrons. The normalized spacial score (nSPS) is 12.2. The van der Waals surface area contributed by atoms with Crippen LogP contribution in [0.5, 0.6) is 0 Å². The highest BCUT2D eigenvalue weighted by Crippen LogP contribution is 2.31. The lowest BCUT2D eigenvalue weighted by Crippen LogP contribution is -2.33. The fourth-order valence-electron chi connectivity index (χ4n) is 1.94. The number of alkyl halides is 3. The van der Waals surface area contributed by atoms with Gasteiger partial charge in [-0.05, 0) is 6.04 Å². The van der Waals surface area contributed by atoms with E-state index in [9.17, 15) is 22.8 Å². The summed E-state index contributed by atoms with van der Waals surface area (Å²) < 4.78 is 50.5. The molecule has 8 nitrogen and oxygen atoms in total. The lowest BCUT2D eigenvalue weighted by Gasteiger charge is -2.17. The first-order valence-electron chi connectivity index (χ1n) is 8.20. The van der Waals surface area contributed by atoms with Crippen molar-refractivity contribution < 1.29 is 32.5 Å². The monoisotopic (exact) mass is 411 g/mol. The van der Waals surface area contributed by atoms with E-state index in [1.54, 1.807) is 0 Å². The summed E-state index contributed by atoms with van der Waals surface area (Å²) in [5.74, 6) is -1.19. The number of rotatable bonds is 11. The first-order valence-corrected chi connectivity index (χ1v) is 11.9. The number of nitrogens with one attached hydrogen (secondary N) is 1. The molecule has 0 fully saturated rings. The molecule has 0 bridgehead atoms. The van der Waals surface area contributed by atoms with Crippen molar-refractivity contribution in [2.24, 2.45) is 0 Å². The van der Waals surface area contributed by atoms with Gasteiger partial charge in [0.05, 0.1) is 18.5 Å². The van der Waals surface area contributed by atoms with Gasteiger partial charge < -0.3 is 19.9 Å². The van der Waals surface area contributed by atoms with Gasteiger partial charge in [-0.15, -0.1) is 0 Å². The molecule has 1 aromatic rings. The molecular formula is C15H24F3N3O5Si. The molecule has 1 aromatic heterocycles. The summed E-state index contributed by atoms with van der Waals surface area (Å²) in [6.45, 7) is 5.53. The third-order valence-electron chi connectivity index (χ3n) is 3.32. The fraction of sp³-hybridized carbons (Fsp3) is 0.667. The van der Waals surface area contributed by atoms with Crippen LogP contribution in [0.4, 0.5) is 18.9 Å². The molecule has 0 saturated heterocycles. The summed E-state index contributed by atoms with van der Waals surface area (Å²) in [5, 5.41) is 14.5. The molecule has 0 aromatic carbocycles. The van der Waals surface area contributed by atoms with Gasteiger partial charge in [-0.3, -0.25) is 4.79 Å². The predicted molar refractivity (Wildman–Crippen MR) is 94.5 cm³/mol. The highest BCUT2D eigenvalue weighted by molar-refractivity contribution is 6.76. The molecule has 0 aliphatic rings. The summed E-state index contributed by atoms with van der Waals surface area (Å²) >= 11 is 0. The number of halogens is 3. The maximum atomic E-state index is 13.3. The first-order chi connectivity index (χ1) is 12.4.